The van der Waals surface area contributed by atoms with Crippen molar-refractivity contribution in [2.75, 3.05) is 0 Å². The summed E-state index contributed by atoms with van der Waals surface area (Å²) >= 11 is 0. The highest BCUT2D eigenvalue weighted by atomic mass is 32.2. The third-order valence-electron chi connectivity index (χ3n) is 2.44. The van der Waals surface area contributed by atoms with Gasteiger partial charge in [0.05, 0.1) is 15.9 Å². The summed E-state index contributed by atoms with van der Waals surface area (Å²) < 4.78 is 23.9. The summed E-state index contributed by atoms with van der Waals surface area (Å²) in [6.07, 6.45) is 0.887. The number of hydrogen-bond acceptors (Lipinski definition) is 4. The maximum Gasteiger partial charge on any atom is 0.203 e. The molecule has 4 nitrogen and oxygen atoms in total. The number of benzene rings is 1. The Kier molecular flexibility index (Phi) is 2.52. The zero-order valence-corrected chi connectivity index (χ0v) is 9.53. The van der Waals surface area contributed by atoms with Crippen LogP contribution in [0.2, 0.25) is 0 Å². The average Bonchev–Trinajstić information content (AvgIpc) is 2.37. The topological polar surface area (TPSA) is 74.6 Å². The molecule has 1 unspecified atom stereocenters. The van der Waals surface area contributed by atoms with Gasteiger partial charge >= 0.3 is 0 Å². The van der Waals surface area contributed by atoms with Gasteiger partial charge in [0.25, 0.3) is 0 Å². The Morgan fingerprint density at radius 2 is 2.06 bits per heavy atom. The molecule has 2 rings (SSSR count). The van der Waals surface area contributed by atoms with Crippen molar-refractivity contribution in [2.45, 2.75) is 24.3 Å². The maximum absolute atomic E-state index is 12.0. The number of fused-ring (bicyclic) bond motifs is 1. The fraction of sp³-hybridized carbons (Fsp3) is 0.273. The van der Waals surface area contributed by atoms with Crippen LogP contribution in [0.3, 0.4) is 0 Å². The lowest BCUT2D eigenvalue weighted by molar-refractivity contribution is 0.197. The molecule has 2 N–H and O–H groups in total. The predicted octanol–water partition coefficient (Wildman–Crippen LogP) is 1.29. The van der Waals surface area contributed by atoms with Gasteiger partial charge < -0.3 is 10.2 Å². The van der Waals surface area contributed by atoms with Gasteiger partial charge in [0, 0.05) is 6.42 Å². The van der Waals surface area contributed by atoms with E-state index in [0.29, 0.717) is 5.56 Å². The first-order chi connectivity index (χ1) is 7.41. The number of phenols is 1. The van der Waals surface area contributed by atoms with E-state index in [0.717, 1.165) is 0 Å². The van der Waals surface area contributed by atoms with Gasteiger partial charge in [0.1, 0.15) is 5.75 Å². The molecule has 86 valence electrons. The molecule has 0 spiro atoms. The van der Waals surface area contributed by atoms with Gasteiger partial charge in [-0.1, -0.05) is 0 Å². The SMILES string of the molecule is CC(O)CC1=Cc2cc(O)ccc2S1(=O)=O. The van der Waals surface area contributed by atoms with E-state index in [1.165, 1.54) is 31.2 Å². The summed E-state index contributed by atoms with van der Waals surface area (Å²) in [5.74, 6) is 0.0310. The maximum atomic E-state index is 12.0. The van der Waals surface area contributed by atoms with Gasteiger partial charge in [0.15, 0.2) is 0 Å². The molecule has 1 aliphatic heterocycles. The quantitative estimate of drug-likeness (QED) is 0.817. The summed E-state index contributed by atoms with van der Waals surface area (Å²) in [6, 6.07) is 4.13. The molecule has 0 aromatic heterocycles. The number of hydrogen-bond donors (Lipinski definition) is 2. The number of aromatic hydroxyl groups is 1. The molecule has 0 saturated carbocycles. The Bertz CT molecular complexity index is 555. The molecule has 0 fully saturated rings. The van der Waals surface area contributed by atoms with E-state index in [4.69, 9.17) is 0 Å². The van der Waals surface area contributed by atoms with Crippen molar-refractivity contribution in [3.63, 3.8) is 0 Å². The Balaban J connectivity index is 2.52. The van der Waals surface area contributed by atoms with E-state index >= 15 is 0 Å². The fourth-order valence-electron chi connectivity index (χ4n) is 1.75. The number of sulfone groups is 1. The summed E-state index contributed by atoms with van der Waals surface area (Å²) in [7, 11) is -3.47. The van der Waals surface area contributed by atoms with Crippen molar-refractivity contribution >= 4 is 15.9 Å². The van der Waals surface area contributed by atoms with E-state index in [-0.39, 0.29) is 22.0 Å². The Morgan fingerprint density at radius 3 is 2.69 bits per heavy atom. The fourth-order valence-corrected chi connectivity index (χ4v) is 3.45. The molecule has 1 aromatic rings. The van der Waals surface area contributed by atoms with Gasteiger partial charge in [0.2, 0.25) is 9.84 Å². The molecule has 16 heavy (non-hydrogen) atoms. The molecule has 1 aromatic carbocycles. The van der Waals surface area contributed by atoms with Crippen LogP contribution in [0.5, 0.6) is 5.75 Å². The minimum atomic E-state index is -3.47. The molecule has 1 heterocycles. The molecular weight excluding hydrogens is 228 g/mol. The van der Waals surface area contributed by atoms with Crippen LogP contribution in [-0.2, 0) is 9.84 Å². The van der Waals surface area contributed by atoms with Crippen molar-refractivity contribution in [3.05, 3.63) is 28.7 Å². The first kappa shape index (κ1) is 11.2. The van der Waals surface area contributed by atoms with E-state index < -0.39 is 15.9 Å². The van der Waals surface area contributed by atoms with Crippen LogP contribution < -0.4 is 0 Å². The van der Waals surface area contributed by atoms with E-state index in [2.05, 4.69) is 0 Å². The van der Waals surface area contributed by atoms with Crippen LogP contribution in [0, 0.1) is 0 Å². The van der Waals surface area contributed by atoms with E-state index in [1.54, 1.807) is 0 Å². The third kappa shape index (κ3) is 1.72. The van der Waals surface area contributed by atoms with Crippen molar-refractivity contribution in [1.82, 2.24) is 0 Å². The molecule has 0 amide bonds. The predicted molar refractivity (Wildman–Crippen MR) is 59.6 cm³/mol. The van der Waals surface area contributed by atoms with Crippen molar-refractivity contribution < 1.29 is 18.6 Å². The average molecular weight is 240 g/mol. The molecule has 0 bridgehead atoms. The number of rotatable bonds is 2. The van der Waals surface area contributed by atoms with Gasteiger partial charge in [-0.2, -0.15) is 0 Å². The van der Waals surface area contributed by atoms with Crippen molar-refractivity contribution in [3.8, 4) is 5.75 Å². The molecule has 0 radical (unpaired) electrons. The molecule has 0 aliphatic carbocycles. The van der Waals surface area contributed by atoms with E-state index in [1.807, 2.05) is 0 Å². The monoisotopic (exact) mass is 240 g/mol. The largest absolute Gasteiger partial charge is 0.508 e. The van der Waals surface area contributed by atoms with Crippen LogP contribution >= 0.6 is 0 Å². The molecule has 1 aliphatic rings. The van der Waals surface area contributed by atoms with Crippen LogP contribution in [-0.4, -0.2) is 24.7 Å². The van der Waals surface area contributed by atoms with Gasteiger partial charge in [-0.15, -0.1) is 0 Å². The third-order valence-corrected chi connectivity index (χ3v) is 4.37. The number of aliphatic hydroxyl groups excluding tert-OH is 1. The highest BCUT2D eigenvalue weighted by Gasteiger charge is 2.30. The minimum Gasteiger partial charge on any atom is -0.508 e. The first-order valence-electron chi connectivity index (χ1n) is 4.88. The van der Waals surface area contributed by atoms with Crippen LogP contribution in [0.15, 0.2) is 28.0 Å². The smallest absolute Gasteiger partial charge is 0.203 e. The van der Waals surface area contributed by atoms with Crippen molar-refractivity contribution in [2.24, 2.45) is 0 Å². The number of aliphatic hydroxyl groups is 1. The Morgan fingerprint density at radius 1 is 1.38 bits per heavy atom. The summed E-state index contributed by atoms with van der Waals surface area (Å²) in [4.78, 5) is 0.393. The van der Waals surface area contributed by atoms with Crippen molar-refractivity contribution in [1.29, 1.82) is 0 Å². The van der Waals surface area contributed by atoms with Crippen LogP contribution in [0.4, 0.5) is 0 Å². The molecule has 0 saturated heterocycles. The first-order valence-corrected chi connectivity index (χ1v) is 6.36. The molecule has 5 heteroatoms. The van der Waals surface area contributed by atoms with Gasteiger partial charge in [-0.05, 0) is 36.8 Å². The lowest BCUT2D eigenvalue weighted by Gasteiger charge is -2.05. The van der Waals surface area contributed by atoms with Gasteiger partial charge in [-0.25, -0.2) is 8.42 Å². The Labute approximate surface area is 93.8 Å². The summed E-state index contributed by atoms with van der Waals surface area (Å²) in [5, 5.41) is 18.5. The highest BCUT2D eigenvalue weighted by molar-refractivity contribution is 7.95. The highest BCUT2D eigenvalue weighted by Crippen LogP contribution is 2.36. The van der Waals surface area contributed by atoms with Crippen LogP contribution in [0.1, 0.15) is 18.9 Å². The van der Waals surface area contributed by atoms with Gasteiger partial charge in [-0.3, -0.25) is 0 Å². The standard InChI is InChI=1S/C11H12O4S/c1-7(12)4-10-6-8-5-9(13)2-3-11(8)16(10,14)15/h2-3,5-7,12-13H,4H2,1H3. The minimum absolute atomic E-state index is 0.0310. The second kappa shape index (κ2) is 3.61. The molecular formula is C11H12O4S. The molecule has 1 atom stereocenters. The number of phenolic OH excluding ortho intramolecular Hbond substituents is 1. The lowest BCUT2D eigenvalue weighted by atomic mass is 10.1. The zero-order chi connectivity index (χ0) is 11.9. The second-order valence-corrected chi connectivity index (χ2v) is 5.86. The summed E-state index contributed by atoms with van der Waals surface area (Å²) in [5.41, 5.74) is 0.482. The Hall–Kier alpha value is -1.33. The van der Waals surface area contributed by atoms with Crippen LogP contribution in [0.25, 0.3) is 6.08 Å². The summed E-state index contributed by atoms with van der Waals surface area (Å²) in [6.45, 7) is 1.54. The van der Waals surface area contributed by atoms with E-state index in [9.17, 15) is 18.6 Å². The zero-order valence-electron chi connectivity index (χ0n) is 8.71. The normalized spacial score (nSPS) is 19.0. The lowest BCUT2D eigenvalue weighted by Crippen LogP contribution is -2.07. The second-order valence-electron chi connectivity index (χ2n) is 3.89.